The molecule has 0 saturated carbocycles. The van der Waals surface area contributed by atoms with Gasteiger partial charge in [-0.2, -0.15) is 0 Å². The first-order valence-electron chi connectivity index (χ1n) is 9.47. The molecule has 0 bridgehead atoms. The minimum absolute atomic E-state index is 0.109. The number of carbonyl (C=O) groups is 1. The van der Waals surface area contributed by atoms with Gasteiger partial charge >= 0.3 is 0 Å². The number of hydrogen-bond acceptors (Lipinski definition) is 4. The number of nitrogens with zero attached hydrogens (tertiary/aromatic N) is 3. The number of halogens is 2. The van der Waals surface area contributed by atoms with E-state index in [2.05, 4.69) is 31.4 Å². The summed E-state index contributed by atoms with van der Waals surface area (Å²) in [4.78, 5) is 12.6. The van der Waals surface area contributed by atoms with Crippen molar-refractivity contribution in [3.8, 4) is 17.1 Å². The van der Waals surface area contributed by atoms with E-state index in [1.165, 1.54) is 11.8 Å². The monoisotopic (exact) mass is 512 g/mol. The molecule has 0 aliphatic heterocycles. The summed E-state index contributed by atoms with van der Waals surface area (Å²) in [6, 6.07) is 23.0. The summed E-state index contributed by atoms with van der Waals surface area (Å²) in [6.45, 7) is 1.96. The Balaban J connectivity index is 1.59. The van der Waals surface area contributed by atoms with Crippen molar-refractivity contribution in [1.82, 2.24) is 14.8 Å². The van der Waals surface area contributed by atoms with E-state index in [-0.39, 0.29) is 11.7 Å². The van der Waals surface area contributed by atoms with Crippen LogP contribution in [0.25, 0.3) is 17.1 Å². The second-order valence-electron chi connectivity index (χ2n) is 6.78. The molecule has 1 heterocycles. The summed E-state index contributed by atoms with van der Waals surface area (Å²) in [7, 11) is 0. The van der Waals surface area contributed by atoms with Gasteiger partial charge in [0, 0.05) is 26.4 Å². The predicted molar refractivity (Wildman–Crippen MR) is 130 cm³/mol. The number of para-hydroxylation sites is 1. The van der Waals surface area contributed by atoms with Gasteiger partial charge in [-0.25, -0.2) is 0 Å². The lowest BCUT2D eigenvalue weighted by Gasteiger charge is -2.11. The van der Waals surface area contributed by atoms with Crippen molar-refractivity contribution in [3.05, 3.63) is 87.9 Å². The lowest BCUT2D eigenvalue weighted by molar-refractivity contribution is -0.113. The van der Waals surface area contributed by atoms with Crippen molar-refractivity contribution in [2.75, 3.05) is 11.1 Å². The topological polar surface area (TPSA) is 59.8 Å². The Morgan fingerprint density at radius 2 is 1.87 bits per heavy atom. The molecule has 0 fully saturated rings. The van der Waals surface area contributed by atoms with Gasteiger partial charge in [0.2, 0.25) is 5.91 Å². The maximum absolute atomic E-state index is 12.6. The molecule has 0 atom stereocenters. The summed E-state index contributed by atoms with van der Waals surface area (Å²) < 4.78 is 2.91. The number of amides is 1. The third-order valence-electron chi connectivity index (χ3n) is 4.53. The number of nitrogens with one attached hydrogen (secondary N) is 1. The minimum Gasteiger partial charge on any atom is -0.325 e. The third-order valence-corrected chi connectivity index (χ3v) is 6.18. The van der Waals surface area contributed by atoms with E-state index < -0.39 is 0 Å². The Hall–Kier alpha value is -2.61. The van der Waals surface area contributed by atoms with E-state index in [4.69, 9.17) is 11.6 Å². The number of benzene rings is 3. The second-order valence-corrected chi connectivity index (χ2v) is 9.08. The fourth-order valence-electron chi connectivity index (χ4n) is 3.07. The van der Waals surface area contributed by atoms with E-state index >= 15 is 0 Å². The number of thioether (sulfide) groups is 1. The van der Waals surface area contributed by atoms with Crippen LogP contribution in [0.15, 0.2) is 82.4 Å². The Morgan fingerprint density at radius 3 is 2.61 bits per heavy atom. The Kier molecular flexibility index (Phi) is 6.75. The van der Waals surface area contributed by atoms with Crippen molar-refractivity contribution >= 4 is 50.9 Å². The molecule has 8 heteroatoms. The summed E-state index contributed by atoms with van der Waals surface area (Å²) in [5, 5.41) is 12.9. The van der Waals surface area contributed by atoms with Crippen molar-refractivity contribution < 1.29 is 4.79 Å². The van der Waals surface area contributed by atoms with Gasteiger partial charge in [-0.3, -0.25) is 9.36 Å². The molecule has 0 saturated heterocycles. The lowest BCUT2D eigenvalue weighted by atomic mass is 10.2. The summed E-state index contributed by atoms with van der Waals surface area (Å²) >= 11 is 11.0. The zero-order valence-corrected chi connectivity index (χ0v) is 19.7. The van der Waals surface area contributed by atoms with Gasteiger partial charge in [0.25, 0.3) is 0 Å². The fraction of sp³-hybridized carbons (Fsp3) is 0.0870. The van der Waals surface area contributed by atoms with Crippen LogP contribution >= 0.6 is 39.3 Å². The zero-order valence-electron chi connectivity index (χ0n) is 16.5. The predicted octanol–water partition coefficient (Wildman–Crippen LogP) is 6.39. The molecule has 1 N–H and O–H groups in total. The van der Waals surface area contributed by atoms with Gasteiger partial charge in [-0.05, 0) is 55.0 Å². The second kappa shape index (κ2) is 9.68. The molecule has 4 rings (SSSR count). The van der Waals surface area contributed by atoms with Gasteiger partial charge in [-0.1, -0.05) is 69.6 Å². The van der Waals surface area contributed by atoms with E-state index in [1.807, 2.05) is 84.3 Å². The van der Waals surface area contributed by atoms with Crippen molar-refractivity contribution in [2.45, 2.75) is 12.1 Å². The zero-order chi connectivity index (χ0) is 21.8. The van der Waals surface area contributed by atoms with Crippen LogP contribution in [0.4, 0.5) is 5.69 Å². The van der Waals surface area contributed by atoms with Crippen LogP contribution in [-0.4, -0.2) is 26.4 Å². The van der Waals surface area contributed by atoms with Crippen molar-refractivity contribution in [2.24, 2.45) is 0 Å². The van der Waals surface area contributed by atoms with Crippen LogP contribution in [0.2, 0.25) is 5.02 Å². The first-order chi connectivity index (χ1) is 15.0. The van der Waals surface area contributed by atoms with Crippen LogP contribution in [-0.2, 0) is 4.79 Å². The van der Waals surface area contributed by atoms with Gasteiger partial charge in [0.15, 0.2) is 11.0 Å². The first kappa shape index (κ1) is 21.6. The SMILES string of the molecule is Cc1cc(Br)ccc1NC(=O)CSc1nnc(-c2cccc(Cl)c2)n1-c1ccccc1. The molecular formula is C23H18BrClN4OS. The molecule has 3 aromatic carbocycles. The number of aromatic nitrogens is 3. The number of carbonyl (C=O) groups excluding carboxylic acids is 1. The Labute approximate surface area is 198 Å². The van der Waals surface area contributed by atoms with Gasteiger partial charge in [-0.15, -0.1) is 10.2 Å². The largest absolute Gasteiger partial charge is 0.325 e. The average molecular weight is 514 g/mol. The average Bonchev–Trinajstić information content (AvgIpc) is 3.19. The Morgan fingerprint density at radius 1 is 1.06 bits per heavy atom. The van der Waals surface area contributed by atoms with Crippen LogP contribution in [0.5, 0.6) is 0 Å². The quantitative estimate of drug-likeness (QED) is 0.304. The molecule has 156 valence electrons. The smallest absolute Gasteiger partial charge is 0.234 e. The molecule has 4 aromatic rings. The van der Waals surface area contributed by atoms with Crippen LogP contribution < -0.4 is 5.32 Å². The molecule has 0 aliphatic rings. The number of hydrogen-bond donors (Lipinski definition) is 1. The molecular weight excluding hydrogens is 496 g/mol. The highest BCUT2D eigenvalue weighted by atomic mass is 79.9. The summed E-state index contributed by atoms with van der Waals surface area (Å²) in [5.41, 5.74) is 3.54. The maximum atomic E-state index is 12.6. The van der Waals surface area contributed by atoms with Crippen molar-refractivity contribution in [3.63, 3.8) is 0 Å². The molecule has 1 amide bonds. The minimum atomic E-state index is -0.109. The summed E-state index contributed by atoms with van der Waals surface area (Å²) in [5.74, 6) is 0.762. The lowest BCUT2D eigenvalue weighted by Crippen LogP contribution is -2.15. The van der Waals surface area contributed by atoms with Gasteiger partial charge < -0.3 is 5.32 Å². The van der Waals surface area contributed by atoms with E-state index in [9.17, 15) is 4.79 Å². The number of anilines is 1. The van der Waals surface area contributed by atoms with Crippen molar-refractivity contribution in [1.29, 1.82) is 0 Å². The highest BCUT2D eigenvalue weighted by Crippen LogP contribution is 2.29. The maximum Gasteiger partial charge on any atom is 0.234 e. The number of rotatable bonds is 6. The normalized spacial score (nSPS) is 10.8. The van der Waals surface area contributed by atoms with E-state index in [0.29, 0.717) is 16.0 Å². The standard InChI is InChI=1S/C23H18BrClN4OS/c1-15-12-17(24)10-11-20(15)26-21(30)14-31-23-28-27-22(16-6-5-7-18(25)13-16)29(23)19-8-3-2-4-9-19/h2-13H,14H2,1H3,(H,26,30). The Bertz CT molecular complexity index is 1230. The van der Waals surface area contributed by atoms with E-state index in [0.717, 1.165) is 27.0 Å². The van der Waals surface area contributed by atoms with Gasteiger partial charge in [0.1, 0.15) is 0 Å². The molecule has 5 nitrogen and oxygen atoms in total. The molecule has 0 radical (unpaired) electrons. The first-order valence-corrected chi connectivity index (χ1v) is 11.6. The highest BCUT2D eigenvalue weighted by molar-refractivity contribution is 9.10. The highest BCUT2D eigenvalue weighted by Gasteiger charge is 2.17. The third kappa shape index (κ3) is 5.18. The van der Waals surface area contributed by atoms with Crippen LogP contribution in [0, 0.1) is 6.92 Å². The molecule has 0 aliphatic carbocycles. The van der Waals surface area contributed by atoms with Crippen LogP contribution in [0.3, 0.4) is 0 Å². The number of aryl methyl sites for hydroxylation is 1. The molecule has 1 aromatic heterocycles. The molecule has 31 heavy (non-hydrogen) atoms. The summed E-state index contributed by atoms with van der Waals surface area (Å²) in [6.07, 6.45) is 0. The van der Waals surface area contributed by atoms with Gasteiger partial charge in [0.05, 0.1) is 5.75 Å². The van der Waals surface area contributed by atoms with Crippen LogP contribution in [0.1, 0.15) is 5.56 Å². The molecule has 0 spiro atoms. The molecule has 0 unspecified atom stereocenters. The fourth-order valence-corrected chi connectivity index (χ4v) is 4.49. The van der Waals surface area contributed by atoms with E-state index in [1.54, 1.807) is 0 Å².